The minimum Gasteiger partial charge on any atom is -0.491 e. The fourth-order valence-corrected chi connectivity index (χ4v) is 2.72. The second-order valence-electron chi connectivity index (χ2n) is 6.83. The highest BCUT2D eigenvalue weighted by Gasteiger charge is 2.29. The number of methoxy groups -OCH3 is 2. The molecule has 0 aliphatic carbocycles. The van der Waals surface area contributed by atoms with Crippen LogP contribution >= 0.6 is 0 Å². The third-order valence-electron chi connectivity index (χ3n) is 4.31. The van der Waals surface area contributed by atoms with Gasteiger partial charge in [0.2, 0.25) is 0 Å². The van der Waals surface area contributed by atoms with Crippen molar-refractivity contribution in [3.8, 4) is 5.75 Å². The van der Waals surface area contributed by atoms with Crippen LogP contribution in [0, 0.1) is 5.92 Å². The van der Waals surface area contributed by atoms with Gasteiger partial charge in [0.1, 0.15) is 11.4 Å². The number of allylic oxidation sites excluding steroid dienone is 2. The van der Waals surface area contributed by atoms with Gasteiger partial charge in [-0.3, -0.25) is 0 Å². The normalized spacial score (nSPS) is 13.3. The molecular weight excluding hydrogens is 390 g/mol. The number of carbonyl (C=O) groups is 3. The number of carboxylic acids is 1. The Morgan fingerprint density at radius 1 is 1.07 bits per heavy atom. The summed E-state index contributed by atoms with van der Waals surface area (Å²) < 4.78 is 15.6. The molecule has 1 N–H and O–H groups in total. The van der Waals surface area contributed by atoms with E-state index in [9.17, 15) is 19.5 Å². The summed E-state index contributed by atoms with van der Waals surface area (Å²) in [5.74, 6) is -1.90. The number of carboxylic acid groups (broad SMARTS) is 1. The van der Waals surface area contributed by atoms with E-state index in [0.29, 0.717) is 18.3 Å². The highest BCUT2D eigenvalue weighted by Crippen LogP contribution is 2.35. The first kappa shape index (κ1) is 22.7. The zero-order valence-corrected chi connectivity index (χ0v) is 17.4. The number of ether oxygens (including phenoxy) is 3. The fourth-order valence-electron chi connectivity index (χ4n) is 2.72. The fraction of sp³-hybridized carbons (Fsp3) is 0.318. The molecule has 0 bridgehead atoms. The van der Waals surface area contributed by atoms with Crippen molar-refractivity contribution in [1.29, 1.82) is 0 Å². The van der Waals surface area contributed by atoms with Crippen LogP contribution in [-0.2, 0) is 19.1 Å². The third-order valence-corrected chi connectivity index (χ3v) is 4.31. The molecule has 0 amide bonds. The number of benzene rings is 1. The Labute approximate surface area is 175 Å². The Hall–Kier alpha value is -3.55. The Morgan fingerprint density at radius 2 is 1.77 bits per heavy atom. The van der Waals surface area contributed by atoms with Gasteiger partial charge in [0.25, 0.3) is 0 Å². The molecule has 1 aliphatic rings. The molecule has 0 spiro atoms. The highest BCUT2D eigenvalue weighted by molar-refractivity contribution is 6.06. The maximum atomic E-state index is 12.6. The standard InChI is InChI=1S/C22H25NO7/c1-14(2)10-12-30-18-9-8-15(20(24)25)13-17(18)23-11-6-5-7-16(21(26)28-3)19(23)22(27)29-4/h5-9,11,13-14H,10,12H2,1-4H3,(H,24,25). The quantitative estimate of drug-likeness (QED) is 0.645. The molecule has 1 heterocycles. The predicted molar refractivity (Wildman–Crippen MR) is 110 cm³/mol. The first-order valence-corrected chi connectivity index (χ1v) is 9.35. The lowest BCUT2D eigenvalue weighted by molar-refractivity contribution is -0.139. The average molecular weight is 415 g/mol. The van der Waals surface area contributed by atoms with E-state index < -0.39 is 17.9 Å². The molecule has 1 aliphatic heterocycles. The number of anilines is 1. The molecule has 8 nitrogen and oxygen atoms in total. The van der Waals surface area contributed by atoms with Crippen molar-refractivity contribution < 1.29 is 33.7 Å². The van der Waals surface area contributed by atoms with Gasteiger partial charge in [0, 0.05) is 6.20 Å². The molecular formula is C22H25NO7. The van der Waals surface area contributed by atoms with Crippen LogP contribution in [0.4, 0.5) is 5.69 Å². The van der Waals surface area contributed by atoms with E-state index in [1.807, 2.05) is 0 Å². The number of esters is 2. The van der Waals surface area contributed by atoms with E-state index in [1.54, 1.807) is 12.2 Å². The van der Waals surface area contributed by atoms with Crippen molar-refractivity contribution in [3.05, 3.63) is 59.5 Å². The van der Waals surface area contributed by atoms with Gasteiger partial charge in [-0.1, -0.05) is 19.9 Å². The summed E-state index contributed by atoms with van der Waals surface area (Å²) in [7, 11) is 2.39. The van der Waals surface area contributed by atoms with E-state index in [4.69, 9.17) is 14.2 Å². The van der Waals surface area contributed by atoms with Crippen molar-refractivity contribution >= 4 is 23.6 Å². The number of carbonyl (C=O) groups excluding carboxylic acids is 2. The van der Waals surface area contributed by atoms with Crippen molar-refractivity contribution in [2.45, 2.75) is 20.3 Å². The number of hydrogen-bond donors (Lipinski definition) is 1. The maximum absolute atomic E-state index is 12.6. The molecule has 1 aromatic carbocycles. The second-order valence-corrected chi connectivity index (χ2v) is 6.83. The zero-order chi connectivity index (χ0) is 22.3. The largest absolute Gasteiger partial charge is 0.491 e. The number of hydrogen-bond acceptors (Lipinski definition) is 7. The van der Waals surface area contributed by atoms with Crippen LogP contribution in [-0.4, -0.2) is 43.8 Å². The number of rotatable bonds is 8. The van der Waals surface area contributed by atoms with Gasteiger partial charge in [-0.2, -0.15) is 0 Å². The van der Waals surface area contributed by atoms with E-state index in [2.05, 4.69) is 13.8 Å². The van der Waals surface area contributed by atoms with Crippen LogP contribution in [0.15, 0.2) is 53.9 Å². The Bertz CT molecular complexity index is 912. The van der Waals surface area contributed by atoms with E-state index in [0.717, 1.165) is 6.42 Å². The van der Waals surface area contributed by atoms with Crippen LogP contribution < -0.4 is 9.64 Å². The second kappa shape index (κ2) is 10.3. The lowest BCUT2D eigenvalue weighted by Gasteiger charge is -2.25. The van der Waals surface area contributed by atoms with Crippen molar-refractivity contribution in [1.82, 2.24) is 0 Å². The molecule has 0 fully saturated rings. The summed E-state index contributed by atoms with van der Waals surface area (Å²) in [4.78, 5) is 37.8. The van der Waals surface area contributed by atoms with Gasteiger partial charge in [0.15, 0.2) is 0 Å². The van der Waals surface area contributed by atoms with Crippen molar-refractivity contribution in [2.24, 2.45) is 5.92 Å². The summed E-state index contributed by atoms with van der Waals surface area (Å²) in [6.07, 6.45) is 6.90. The minimum atomic E-state index is -1.14. The van der Waals surface area contributed by atoms with Crippen LogP contribution in [0.25, 0.3) is 0 Å². The molecule has 0 saturated heterocycles. The molecule has 0 unspecified atom stereocenters. The van der Waals surface area contributed by atoms with Gasteiger partial charge < -0.3 is 24.2 Å². The predicted octanol–water partition coefficient (Wildman–Crippen LogP) is 3.30. The van der Waals surface area contributed by atoms with Gasteiger partial charge in [-0.15, -0.1) is 0 Å². The van der Waals surface area contributed by atoms with Crippen LogP contribution in [0.1, 0.15) is 30.6 Å². The Balaban J connectivity index is 2.66. The van der Waals surface area contributed by atoms with Gasteiger partial charge in [-0.25, -0.2) is 14.4 Å². The lowest BCUT2D eigenvalue weighted by Crippen LogP contribution is -2.27. The molecule has 0 radical (unpaired) electrons. The van der Waals surface area contributed by atoms with Gasteiger partial charge >= 0.3 is 17.9 Å². The molecule has 0 atom stereocenters. The first-order chi connectivity index (χ1) is 14.3. The molecule has 1 aromatic rings. The Kier molecular flexibility index (Phi) is 7.80. The number of nitrogens with zero attached hydrogens (tertiary/aromatic N) is 1. The average Bonchev–Trinajstić information content (AvgIpc) is 2.95. The summed E-state index contributed by atoms with van der Waals surface area (Å²) >= 11 is 0. The van der Waals surface area contributed by atoms with Crippen LogP contribution in [0.5, 0.6) is 5.75 Å². The number of aromatic carboxylic acids is 1. The van der Waals surface area contributed by atoms with Crippen molar-refractivity contribution in [3.63, 3.8) is 0 Å². The highest BCUT2D eigenvalue weighted by atomic mass is 16.5. The van der Waals surface area contributed by atoms with Crippen molar-refractivity contribution in [2.75, 3.05) is 25.7 Å². The van der Waals surface area contributed by atoms with Crippen LogP contribution in [0.3, 0.4) is 0 Å². The summed E-state index contributed by atoms with van der Waals surface area (Å²) in [5.41, 5.74) is 0.116. The Morgan fingerprint density at radius 3 is 2.37 bits per heavy atom. The lowest BCUT2D eigenvalue weighted by atomic mass is 10.1. The van der Waals surface area contributed by atoms with Crippen LogP contribution in [0.2, 0.25) is 0 Å². The summed E-state index contributed by atoms with van der Waals surface area (Å²) in [6, 6.07) is 4.32. The maximum Gasteiger partial charge on any atom is 0.355 e. The molecule has 2 rings (SSSR count). The molecule has 0 aromatic heterocycles. The zero-order valence-electron chi connectivity index (χ0n) is 17.4. The molecule has 0 saturated carbocycles. The third kappa shape index (κ3) is 5.28. The first-order valence-electron chi connectivity index (χ1n) is 9.35. The molecule has 30 heavy (non-hydrogen) atoms. The summed E-state index contributed by atoms with van der Waals surface area (Å²) in [6.45, 7) is 4.51. The molecule has 160 valence electrons. The monoisotopic (exact) mass is 415 g/mol. The smallest absolute Gasteiger partial charge is 0.355 e. The minimum absolute atomic E-state index is 0.00403. The molecule has 8 heteroatoms. The SMILES string of the molecule is COC(=O)C1=C(C(=O)OC)N(c2cc(C(=O)O)ccc2OCCC(C)C)C=CC=C1. The van der Waals surface area contributed by atoms with Gasteiger partial charge in [0.05, 0.1) is 37.7 Å². The van der Waals surface area contributed by atoms with Gasteiger partial charge in [-0.05, 0) is 42.7 Å². The van der Waals surface area contributed by atoms with E-state index in [1.165, 1.54) is 49.6 Å². The van der Waals surface area contributed by atoms with E-state index >= 15 is 0 Å². The van der Waals surface area contributed by atoms with E-state index in [-0.39, 0.29) is 22.5 Å². The summed E-state index contributed by atoms with van der Waals surface area (Å²) in [5, 5.41) is 9.44. The topological polar surface area (TPSA) is 102 Å².